The Bertz CT molecular complexity index is 715. The molecule has 7 heteroatoms. The molecule has 21 heavy (non-hydrogen) atoms. The molecule has 0 bridgehead atoms. The van der Waals surface area contributed by atoms with Crippen LogP contribution in [0.1, 0.15) is 38.1 Å². The number of hydrogen-bond donors (Lipinski definition) is 0. The summed E-state index contributed by atoms with van der Waals surface area (Å²) in [6.07, 6.45) is 2.96. The van der Waals surface area contributed by atoms with E-state index >= 15 is 0 Å². The summed E-state index contributed by atoms with van der Waals surface area (Å²) in [4.78, 5) is 44.8. The van der Waals surface area contributed by atoms with Crippen LogP contribution in [0.5, 0.6) is 0 Å². The summed E-state index contributed by atoms with van der Waals surface area (Å²) in [6, 6.07) is 6.29. The third-order valence-electron chi connectivity index (χ3n) is 3.14. The fourth-order valence-electron chi connectivity index (χ4n) is 2.02. The highest BCUT2D eigenvalue weighted by Crippen LogP contribution is 2.23. The Labute approximate surface area is 119 Å². The van der Waals surface area contributed by atoms with Gasteiger partial charge in [-0.3, -0.25) is 9.59 Å². The lowest BCUT2D eigenvalue weighted by molar-refractivity contribution is -0.0588. The van der Waals surface area contributed by atoms with Crippen LogP contribution in [-0.2, 0) is 11.4 Å². The van der Waals surface area contributed by atoms with Crippen molar-refractivity contribution in [1.29, 1.82) is 0 Å². The fraction of sp³-hybridized carbons (Fsp3) is 0.143. The molecule has 0 spiro atoms. The van der Waals surface area contributed by atoms with Crippen molar-refractivity contribution < 1.29 is 19.2 Å². The SMILES string of the molecule is CCn1cnc(C(=O)ON2C(=O)c3ccccc3C2=O)c1. The standard InChI is InChI=1S/C14H11N3O4/c1-2-16-7-11(15-8-16)14(20)21-17-12(18)9-5-3-4-6-10(9)13(17)19/h3-8H,2H2,1H3. The summed E-state index contributed by atoms with van der Waals surface area (Å²) in [7, 11) is 0. The topological polar surface area (TPSA) is 81.5 Å². The summed E-state index contributed by atoms with van der Waals surface area (Å²) in [5.74, 6) is -2.16. The van der Waals surface area contributed by atoms with E-state index in [0.29, 0.717) is 11.6 Å². The highest BCUT2D eigenvalue weighted by atomic mass is 16.7. The van der Waals surface area contributed by atoms with Gasteiger partial charge in [0.15, 0.2) is 5.69 Å². The number of nitrogens with zero attached hydrogens (tertiary/aromatic N) is 3. The van der Waals surface area contributed by atoms with Crippen LogP contribution >= 0.6 is 0 Å². The number of rotatable bonds is 3. The number of imide groups is 1. The predicted octanol–water partition coefficient (Wildman–Crippen LogP) is 1.27. The van der Waals surface area contributed by atoms with Gasteiger partial charge >= 0.3 is 5.97 Å². The first-order valence-corrected chi connectivity index (χ1v) is 6.33. The zero-order valence-corrected chi connectivity index (χ0v) is 11.1. The van der Waals surface area contributed by atoms with E-state index in [-0.39, 0.29) is 16.8 Å². The molecule has 2 heterocycles. The van der Waals surface area contributed by atoms with E-state index < -0.39 is 17.8 Å². The van der Waals surface area contributed by atoms with Crippen molar-refractivity contribution in [3.05, 3.63) is 53.6 Å². The molecule has 0 unspecified atom stereocenters. The van der Waals surface area contributed by atoms with Gasteiger partial charge in [-0.05, 0) is 19.1 Å². The number of benzene rings is 1. The number of imidazole rings is 1. The monoisotopic (exact) mass is 285 g/mol. The van der Waals surface area contributed by atoms with Crippen molar-refractivity contribution in [2.45, 2.75) is 13.5 Å². The van der Waals surface area contributed by atoms with Crippen LogP contribution in [0.25, 0.3) is 0 Å². The quantitative estimate of drug-likeness (QED) is 0.793. The molecule has 0 atom stereocenters. The molecule has 0 radical (unpaired) electrons. The second-order valence-corrected chi connectivity index (χ2v) is 4.42. The van der Waals surface area contributed by atoms with Gasteiger partial charge in [0.05, 0.1) is 17.5 Å². The van der Waals surface area contributed by atoms with Gasteiger partial charge in [-0.1, -0.05) is 17.2 Å². The molecule has 7 nitrogen and oxygen atoms in total. The minimum absolute atomic E-state index is 0.0356. The first kappa shape index (κ1) is 13.0. The lowest BCUT2D eigenvalue weighted by atomic mass is 10.1. The molecule has 2 amide bonds. The van der Waals surface area contributed by atoms with Gasteiger partial charge in [0.2, 0.25) is 0 Å². The Morgan fingerprint density at radius 2 is 1.81 bits per heavy atom. The molecule has 1 aliphatic rings. The maximum Gasteiger partial charge on any atom is 0.383 e. The molecule has 0 saturated heterocycles. The predicted molar refractivity (Wildman–Crippen MR) is 70.3 cm³/mol. The number of fused-ring (bicyclic) bond motifs is 1. The van der Waals surface area contributed by atoms with Crippen molar-refractivity contribution in [2.24, 2.45) is 0 Å². The second kappa shape index (κ2) is 4.86. The average Bonchev–Trinajstić information content (AvgIpc) is 3.07. The number of aromatic nitrogens is 2. The highest BCUT2D eigenvalue weighted by Gasteiger charge is 2.39. The van der Waals surface area contributed by atoms with E-state index in [2.05, 4.69) is 4.98 Å². The number of hydroxylamine groups is 2. The van der Waals surface area contributed by atoms with Crippen LogP contribution in [0.4, 0.5) is 0 Å². The average molecular weight is 285 g/mol. The molecule has 3 rings (SSSR count). The largest absolute Gasteiger partial charge is 0.383 e. The van der Waals surface area contributed by atoms with Crippen molar-refractivity contribution >= 4 is 17.8 Å². The Morgan fingerprint density at radius 3 is 2.33 bits per heavy atom. The molecule has 0 saturated carbocycles. The zero-order valence-electron chi connectivity index (χ0n) is 11.1. The third-order valence-corrected chi connectivity index (χ3v) is 3.14. The number of hydrogen-bond acceptors (Lipinski definition) is 5. The Balaban J connectivity index is 1.82. The first-order chi connectivity index (χ1) is 10.1. The van der Waals surface area contributed by atoms with Crippen molar-refractivity contribution in [1.82, 2.24) is 14.6 Å². The molecule has 1 aliphatic heterocycles. The van der Waals surface area contributed by atoms with Gasteiger partial charge in [-0.15, -0.1) is 0 Å². The van der Waals surface area contributed by atoms with E-state index in [1.807, 2.05) is 6.92 Å². The van der Waals surface area contributed by atoms with E-state index in [1.54, 1.807) is 16.7 Å². The molecule has 0 fully saturated rings. The minimum Gasteiger partial charge on any atom is -0.337 e. The summed E-state index contributed by atoms with van der Waals surface area (Å²) in [6.45, 7) is 2.54. The molecular formula is C14H11N3O4. The van der Waals surface area contributed by atoms with E-state index in [4.69, 9.17) is 4.84 Å². The fourth-order valence-corrected chi connectivity index (χ4v) is 2.02. The van der Waals surface area contributed by atoms with Crippen molar-refractivity contribution in [3.8, 4) is 0 Å². The number of amides is 2. The van der Waals surface area contributed by atoms with Crippen molar-refractivity contribution in [3.63, 3.8) is 0 Å². The molecule has 1 aromatic carbocycles. The van der Waals surface area contributed by atoms with Crippen LogP contribution in [-0.4, -0.2) is 32.4 Å². The van der Waals surface area contributed by atoms with Gasteiger partial charge in [-0.2, -0.15) is 0 Å². The van der Waals surface area contributed by atoms with Gasteiger partial charge in [0, 0.05) is 12.7 Å². The van der Waals surface area contributed by atoms with Gasteiger partial charge in [0.25, 0.3) is 11.8 Å². The second-order valence-electron chi connectivity index (χ2n) is 4.42. The Hall–Kier alpha value is -2.96. The first-order valence-electron chi connectivity index (χ1n) is 6.33. The molecular weight excluding hydrogens is 274 g/mol. The molecule has 2 aromatic rings. The van der Waals surface area contributed by atoms with E-state index in [9.17, 15) is 14.4 Å². The minimum atomic E-state index is -0.850. The zero-order chi connectivity index (χ0) is 15.0. The smallest absolute Gasteiger partial charge is 0.337 e. The summed E-state index contributed by atoms with van der Waals surface area (Å²) < 4.78 is 1.68. The lowest BCUT2D eigenvalue weighted by Crippen LogP contribution is -2.32. The Morgan fingerprint density at radius 1 is 1.19 bits per heavy atom. The number of carbonyl (C=O) groups is 3. The molecule has 0 aliphatic carbocycles. The highest BCUT2D eigenvalue weighted by molar-refractivity contribution is 6.21. The van der Waals surface area contributed by atoms with Gasteiger partial charge in [0.1, 0.15) is 0 Å². The number of carbonyl (C=O) groups excluding carboxylic acids is 3. The van der Waals surface area contributed by atoms with Crippen LogP contribution in [0.3, 0.4) is 0 Å². The van der Waals surface area contributed by atoms with Gasteiger partial charge in [-0.25, -0.2) is 9.78 Å². The van der Waals surface area contributed by atoms with Crippen LogP contribution in [0.15, 0.2) is 36.8 Å². The maximum atomic E-state index is 12.0. The summed E-state index contributed by atoms with van der Waals surface area (Å²) in [5.41, 5.74) is 0.470. The molecule has 1 aromatic heterocycles. The van der Waals surface area contributed by atoms with Crippen LogP contribution in [0.2, 0.25) is 0 Å². The van der Waals surface area contributed by atoms with Gasteiger partial charge < -0.3 is 9.40 Å². The van der Waals surface area contributed by atoms with E-state index in [1.165, 1.54) is 24.7 Å². The maximum absolute atomic E-state index is 12.0. The molecule has 0 N–H and O–H groups in total. The number of aryl methyl sites for hydroxylation is 1. The lowest BCUT2D eigenvalue weighted by Gasteiger charge is -2.11. The summed E-state index contributed by atoms with van der Waals surface area (Å²) >= 11 is 0. The van der Waals surface area contributed by atoms with E-state index in [0.717, 1.165) is 0 Å². The Kier molecular flexibility index (Phi) is 3.02. The van der Waals surface area contributed by atoms with Crippen LogP contribution < -0.4 is 0 Å². The molecule has 106 valence electrons. The third kappa shape index (κ3) is 2.08. The van der Waals surface area contributed by atoms with Crippen molar-refractivity contribution in [2.75, 3.05) is 0 Å². The summed E-state index contributed by atoms with van der Waals surface area (Å²) in [5, 5.41) is 0.470. The van der Waals surface area contributed by atoms with Crippen LogP contribution in [0, 0.1) is 0 Å². The normalized spacial score (nSPS) is 13.5.